The molecule has 0 bridgehead atoms. The summed E-state index contributed by atoms with van der Waals surface area (Å²) in [6.07, 6.45) is 0. The zero-order chi connectivity index (χ0) is 40.0. The van der Waals surface area contributed by atoms with Crippen LogP contribution in [0.4, 0.5) is 5.69 Å². The van der Waals surface area contributed by atoms with Gasteiger partial charge in [-0.3, -0.25) is 0 Å². The molecule has 0 aromatic heterocycles. The van der Waals surface area contributed by atoms with Crippen molar-refractivity contribution in [3.05, 3.63) is 156 Å². The molecule has 0 unspecified atom stereocenters. The van der Waals surface area contributed by atoms with Gasteiger partial charge in [-0.1, -0.05) is 119 Å². The van der Waals surface area contributed by atoms with E-state index in [1.165, 1.54) is 21.9 Å². The number of nitrogens with zero attached hydrogens (tertiary/aromatic N) is 2. The number of carbonyl (C=O) groups is 1. The van der Waals surface area contributed by atoms with Gasteiger partial charge in [-0.25, -0.2) is 9.37 Å². The third kappa shape index (κ3) is 4.83. The Labute approximate surface area is 349 Å². The smallest absolute Gasteiger partial charge is 0.337 e. The van der Waals surface area contributed by atoms with Gasteiger partial charge in [0.1, 0.15) is 18.5 Å². The number of ether oxygens (including phenoxy) is 1. The predicted octanol–water partition coefficient (Wildman–Crippen LogP) is 12.0. The van der Waals surface area contributed by atoms with Crippen molar-refractivity contribution in [2.75, 3.05) is 19.0 Å². The summed E-state index contributed by atoms with van der Waals surface area (Å²) in [6.45, 7) is 8.93. The van der Waals surface area contributed by atoms with E-state index in [2.05, 4.69) is 148 Å². The number of aromatic carboxylic acids is 1. The fourth-order valence-corrected chi connectivity index (χ4v) is 10.6. The summed E-state index contributed by atoms with van der Waals surface area (Å²) in [5.74, 6) is -0.200. The summed E-state index contributed by atoms with van der Waals surface area (Å²) in [7, 11) is 4.20. The van der Waals surface area contributed by atoms with Crippen molar-refractivity contribution in [1.82, 2.24) is 4.58 Å². The number of hydrogen-bond acceptors (Lipinski definition) is 3. The molecule has 57 heavy (non-hydrogen) atoms. The molecule has 0 aliphatic carbocycles. The summed E-state index contributed by atoms with van der Waals surface area (Å²) in [5, 5.41) is 16.7. The Morgan fingerprint density at radius 2 is 1.26 bits per heavy atom. The van der Waals surface area contributed by atoms with Crippen LogP contribution in [0, 0.1) is 0 Å². The van der Waals surface area contributed by atoms with E-state index in [-0.39, 0.29) is 31.2 Å². The van der Waals surface area contributed by atoms with Gasteiger partial charge in [-0.15, -0.1) is 0 Å². The van der Waals surface area contributed by atoms with Gasteiger partial charge in [-0.2, -0.15) is 0 Å². The van der Waals surface area contributed by atoms with Crippen LogP contribution in [0.25, 0.3) is 49.4 Å². The summed E-state index contributed by atoms with van der Waals surface area (Å²) < 4.78 is 9.26. The summed E-state index contributed by atoms with van der Waals surface area (Å²) in [4.78, 5) is 15.6. The van der Waals surface area contributed by atoms with Crippen molar-refractivity contribution < 1.29 is 14.6 Å². The van der Waals surface area contributed by atoms with Crippen LogP contribution < -0.4 is 24.8 Å². The highest BCUT2D eigenvalue weighted by Crippen LogP contribution is 2.54. The number of benzene rings is 7. The van der Waals surface area contributed by atoms with E-state index in [1.54, 1.807) is 0 Å². The van der Waals surface area contributed by atoms with E-state index in [4.69, 9.17) is 51.1 Å². The third-order valence-electron chi connectivity index (χ3n) is 12.7. The molecule has 7 aromatic rings. The Bertz CT molecular complexity index is 3170. The largest absolute Gasteiger partial charge is 0.478 e. The molecule has 3 heterocycles. The van der Waals surface area contributed by atoms with Crippen molar-refractivity contribution in [1.29, 1.82) is 0 Å². The molecule has 0 radical (unpaired) electrons. The molecule has 282 valence electrons. The fourth-order valence-electron chi connectivity index (χ4n) is 9.53. The van der Waals surface area contributed by atoms with E-state index in [0.717, 1.165) is 44.1 Å². The van der Waals surface area contributed by atoms with Gasteiger partial charge in [0.05, 0.1) is 42.8 Å². The molecule has 9 heteroatoms. The van der Waals surface area contributed by atoms with Crippen LogP contribution in [0.2, 0.25) is 20.1 Å². The van der Waals surface area contributed by atoms with Gasteiger partial charge in [0.2, 0.25) is 5.36 Å². The van der Waals surface area contributed by atoms with Crippen LogP contribution in [0.15, 0.2) is 97.1 Å². The molecule has 0 saturated heterocycles. The number of fused-ring (bicyclic) bond motifs is 12. The molecule has 7 aromatic carbocycles. The van der Waals surface area contributed by atoms with Crippen LogP contribution in [0.5, 0.6) is 11.5 Å². The van der Waals surface area contributed by atoms with Gasteiger partial charge in [0.25, 0.3) is 0 Å². The Balaban J connectivity index is 1.39. The van der Waals surface area contributed by atoms with Gasteiger partial charge in [0.15, 0.2) is 5.54 Å². The minimum atomic E-state index is -1.29. The molecule has 5 nitrogen and oxygen atoms in total. The molecule has 0 saturated carbocycles. The first kappa shape index (κ1) is 36.3. The standard InChI is InChI=1S/C48H34Cl4N2O3/c1-47(2)40-25-13-9-7-11-23(25)15-17-27(40)29-19-31-35(21-33(29)53(47)5)57-36-22-34-30(28-18-16-24-12-8-10-14-26(24)41(28)48(3,4)54(34)6)20-32(36)37(31)38-39(46(55)56)43(50)45(52)44(51)42(38)49/h7-22H,1-6H3/p+1. The molecule has 3 aliphatic rings. The first-order chi connectivity index (χ1) is 27.1. The van der Waals surface area contributed by atoms with Gasteiger partial charge in [0, 0.05) is 65.7 Å². The van der Waals surface area contributed by atoms with Crippen molar-refractivity contribution in [2.24, 2.45) is 0 Å². The zero-order valence-corrected chi connectivity index (χ0v) is 34.9. The Kier molecular flexibility index (Phi) is 7.79. The van der Waals surface area contributed by atoms with Crippen LogP contribution in [0.3, 0.4) is 0 Å². The number of anilines is 1. The minimum Gasteiger partial charge on any atom is -0.478 e. The molecule has 0 spiro atoms. The van der Waals surface area contributed by atoms with Crippen LogP contribution >= 0.6 is 46.4 Å². The average molecular weight is 830 g/mol. The monoisotopic (exact) mass is 827 g/mol. The van der Waals surface area contributed by atoms with Crippen molar-refractivity contribution >= 4 is 85.2 Å². The highest BCUT2D eigenvalue weighted by Gasteiger charge is 2.42. The number of carboxylic acid groups (broad SMARTS) is 1. The van der Waals surface area contributed by atoms with E-state index in [1.807, 2.05) is 0 Å². The van der Waals surface area contributed by atoms with Crippen molar-refractivity contribution in [3.63, 3.8) is 0 Å². The molecule has 0 atom stereocenters. The highest BCUT2D eigenvalue weighted by atomic mass is 35.5. The Morgan fingerprint density at radius 3 is 1.91 bits per heavy atom. The van der Waals surface area contributed by atoms with Crippen molar-refractivity contribution in [2.45, 2.75) is 38.8 Å². The van der Waals surface area contributed by atoms with E-state index >= 15 is 0 Å². The number of hydrogen-bond donors (Lipinski definition) is 1. The fraction of sp³-hybridized carbons (Fsp3) is 0.167. The van der Waals surface area contributed by atoms with Crippen molar-refractivity contribution in [3.8, 4) is 33.8 Å². The average Bonchev–Trinajstić information content (AvgIpc) is 3.20. The first-order valence-corrected chi connectivity index (χ1v) is 20.2. The molecule has 10 rings (SSSR count). The minimum absolute atomic E-state index is 0.0120. The maximum absolute atomic E-state index is 13.3. The predicted molar refractivity (Wildman–Crippen MR) is 235 cm³/mol. The van der Waals surface area contributed by atoms with Crippen LogP contribution in [0.1, 0.15) is 60.3 Å². The summed E-state index contributed by atoms with van der Waals surface area (Å²) >= 11 is 27.4. The lowest BCUT2D eigenvalue weighted by Crippen LogP contribution is -2.46. The third-order valence-corrected chi connectivity index (χ3v) is 14.5. The number of halogens is 4. The Hall–Kier alpha value is -5.04. The van der Waals surface area contributed by atoms with E-state index in [0.29, 0.717) is 27.9 Å². The summed E-state index contributed by atoms with van der Waals surface area (Å²) in [5.41, 5.74) is 7.77. The molecule has 3 aliphatic heterocycles. The van der Waals surface area contributed by atoms with Crippen LogP contribution in [-0.4, -0.2) is 25.2 Å². The van der Waals surface area contributed by atoms with Gasteiger partial charge >= 0.3 is 5.97 Å². The molecule has 1 N–H and O–H groups in total. The topological polar surface area (TPSA) is 52.8 Å². The lowest BCUT2D eigenvalue weighted by atomic mass is 9.77. The first-order valence-electron chi connectivity index (χ1n) is 18.7. The molecule has 0 amide bonds. The number of rotatable bonds is 2. The second kappa shape index (κ2) is 12.2. The maximum atomic E-state index is 13.3. The number of carboxylic acids is 1. The second-order valence-electron chi connectivity index (χ2n) is 16.2. The quantitative estimate of drug-likeness (QED) is 0.107. The SMILES string of the molecule is CN1c2cc3c(cc2-c2ccc4ccccc4c2C1(C)C)C(c1c(Cl)c(Cl)c(Cl)c(Cl)c1C(=O)O)=c1cc2c(cc1O3)=[N+](C)C(C)(C)c1c-2ccc2ccccc12. The maximum Gasteiger partial charge on any atom is 0.337 e. The summed E-state index contributed by atoms with van der Waals surface area (Å²) in [6, 6.07) is 33.8. The van der Waals surface area contributed by atoms with E-state index < -0.39 is 17.0 Å². The van der Waals surface area contributed by atoms with Gasteiger partial charge in [-0.05, 0) is 64.2 Å². The highest BCUT2D eigenvalue weighted by molar-refractivity contribution is 6.53. The van der Waals surface area contributed by atoms with E-state index in [9.17, 15) is 9.90 Å². The second-order valence-corrected chi connectivity index (χ2v) is 17.7. The molecular weight excluding hydrogens is 794 g/mol. The van der Waals surface area contributed by atoms with Crippen LogP contribution in [-0.2, 0) is 11.1 Å². The molecule has 0 fully saturated rings. The normalized spacial score (nSPS) is 15.6. The zero-order valence-electron chi connectivity index (χ0n) is 31.9. The Morgan fingerprint density at radius 1 is 0.667 bits per heavy atom. The lowest BCUT2D eigenvalue weighted by Gasteiger charge is -2.45. The lowest BCUT2D eigenvalue weighted by molar-refractivity contribution is 0.0696. The molecular formula is C48H35Cl4N2O3+. The van der Waals surface area contributed by atoms with Gasteiger partial charge < -0.3 is 14.7 Å².